The molecule has 0 aliphatic carbocycles. The molecule has 144 valence electrons. The summed E-state index contributed by atoms with van der Waals surface area (Å²) in [5, 5.41) is 12.4. The molecule has 0 atom stereocenters. The van der Waals surface area contributed by atoms with Crippen LogP contribution in [0, 0.1) is 0 Å². The highest BCUT2D eigenvalue weighted by molar-refractivity contribution is 7.80. The number of amides is 2. The fourth-order valence-corrected chi connectivity index (χ4v) is 3.11. The van der Waals surface area contributed by atoms with Gasteiger partial charge in [0.2, 0.25) is 0 Å². The molecule has 1 saturated heterocycles. The Morgan fingerprint density at radius 2 is 1.86 bits per heavy atom. The minimum atomic E-state index is -0.567. The number of rotatable bonds is 5. The SMILES string of the molecule is CCOc1cc(C=C2C(=O)NC(=S)N(c3ccc(CC)cc3)C2=O)ccc1O. The number of nitrogens with zero attached hydrogens (tertiary/aromatic N) is 1. The zero-order chi connectivity index (χ0) is 20.3. The van der Waals surface area contributed by atoms with Crippen LogP contribution in [0.3, 0.4) is 0 Å². The third-order valence-corrected chi connectivity index (χ3v) is 4.58. The number of carbonyl (C=O) groups excluding carboxylic acids is 2. The Balaban J connectivity index is 1.97. The van der Waals surface area contributed by atoms with Crippen molar-refractivity contribution >= 4 is 40.9 Å². The van der Waals surface area contributed by atoms with E-state index in [2.05, 4.69) is 5.32 Å². The van der Waals surface area contributed by atoms with Crippen LogP contribution in [0.15, 0.2) is 48.0 Å². The van der Waals surface area contributed by atoms with Crippen LogP contribution in [-0.2, 0) is 16.0 Å². The molecule has 1 heterocycles. The van der Waals surface area contributed by atoms with Crippen LogP contribution in [-0.4, -0.2) is 28.6 Å². The zero-order valence-electron chi connectivity index (χ0n) is 15.6. The average molecular weight is 396 g/mol. The fourth-order valence-electron chi connectivity index (χ4n) is 2.83. The molecule has 0 spiro atoms. The first-order valence-corrected chi connectivity index (χ1v) is 9.31. The monoisotopic (exact) mass is 396 g/mol. The van der Waals surface area contributed by atoms with Gasteiger partial charge < -0.3 is 9.84 Å². The van der Waals surface area contributed by atoms with Crippen molar-refractivity contribution < 1.29 is 19.4 Å². The molecule has 0 aromatic heterocycles. The van der Waals surface area contributed by atoms with Gasteiger partial charge in [-0.3, -0.25) is 19.8 Å². The Kier molecular flexibility index (Phi) is 5.75. The second-order valence-corrected chi connectivity index (χ2v) is 6.52. The molecule has 7 heteroatoms. The van der Waals surface area contributed by atoms with Crippen molar-refractivity contribution in [3.8, 4) is 11.5 Å². The number of anilines is 1. The second-order valence-electron chi connectivity index (χ2n) is 6.14. The Morgan fingerprint density at radius 1 is 1.14 bits per heavy atom. The Labute approximate surface area is 168 Å². The van der Waals surface area contributed by atoms with Gasteiger partial charge in [0.05, 0.1) is 12.3 Å². The summed E-state index contributed by atoms with van der Waals surface area (Å²) in [6.07, 6.45) is 2.33. The molecule has 6 nitrogen and oxygen atoms in total. The first-order chi connectivity index (χ1) is 13.4. The number of ether oxygens (including phenoxy) is 1. The molecule has 2 amide bonds. The van der Waals surface area contributed by atoms with Crippen molar-refractivity contribution in [2.24, 2.45) is 0 Å². The van der Waals surface area contributed by atoms with Crippen LogP contribution in [0.4, 0.5) is 5.69 Å². The van der Waals surface area contributed by atoms with Gasteiger partial charge in [0.1, 0.15) is 5.57 Å². The van der Waals surface area contributed by atoms with Crippen molar-refractivity contribution in [2.75, 3.05) is 11.5 Å². The first-order valence-electron chi connectivity index (χ1n) is 8.90. The lowest BCUT2D eigenvalue weighted by Gasteiger charge is -2.29. The van der Waals surface area contributed by atoms with Crippen molar-refractivity contribution in [1.29, 1.82) is 0 Å². The maximum absolute atomic E-state index is 13.0. The number of phenols is 1. The second kappa shape index (κ2) is 8.22. The van der Waals surface area contributed by atoms with Crippen LogP contribution in [0.5, 0.6) is 11.5 Å². The highest BCUT2D eigenvalue weighted by Crippen LogP contribution is 2.29. The summed E-state index contributed by atoms with van der Waals surface area (Å²) in [6, 6.07) is 12.0. The van der Waals surface area contributed by atoms with Gasteiger partial charge in [0.15, 0.2) is 16.6 Å². The number of hydrogen-bond donors (Lipinski definition) is 2. The number of aryl methyl sites for hydroxylation is 1. The molecule has 0 saturated carbocycles. The molecule has 2 aromatic carbocycles. The van der Waals surface area contributed by atoms with Crippen molar-refractivity contribution in [2.45, 2.75) is 20.3 Å². The fraction of sp³-hybridized carbons (Fsp3) is 0.190. The predicted octanol–water partition coefficient (Wildman–Crippen LogP) is 3.18. The molecule has 1 fully saturated rings. The molecule has 1 aliphatic heterocycles. The lowest BCUT2D eigenvalue weighted by molar-refractivity contribution is -0.122. The third-order valence-electron chi connectivity index (χ3n) is 4.30. The third kappa shape index (κ3) is 3.89. The van der Waals surface area contributed by atoms with E-state index in [1.54, 1.807) is 31.2 Å². The van der Waals surface area contributed by atoms with E-state index in [0.717, 1.165) is 12.0 Å². The van der Waals surface area contributed by atoms with Crippen LogP contribution in [0.25, 0.3) is 6.08 Å². The van der Waals surface area contributed by atoms with Gasteiger partial charge in [0, 0.05) is 0 Å². The number of carbonyl (C=O) groups is 2. The Bertz CT molecular complexity index is 967. The lowest BCUT2D eigenvalue weighted by atomic mass is 10.1. The summed E-state index contributed by atoms with van der Waals surface area (Å²) in [5.41, 5.74) is 2.21. The summed E-state index contributed by atoms with van der Waals surface area (Å²) in [6.45, 7) is 4.22. The standard InChI is InChI=1S/C21H20N2O4S/c1-3-13-5-8-15(9-6-13)23-20(26)16(19(25)22-21(23)28)11-14-7-10-17(24)18(12-14)27-4-2/h5-12,24H,3-4H2,1-2H3,(H,22,25,28). The maximum Gasteiger partial charge on any atom is 0.270 e. The molecule has 1 aliphatic rings. The van der Waals surface area contributed by atoms with E-state index in [9.17, 15) is 14.7 Å². The highest BCUT2D eigenvalue weighted by Gasteiger charge is 2.34. The van der Waals surface area contributed by atoms with Gasteiger partial charge in [-0.15, -0.1) is 0 Å². The number of thiocarbonyl (C=S) groups is 1. The van der Waals surface area contributed by atoms with E-state index >= 15 is 0 Å². The Hall–Kier alpha value is -3.19. The largest absolute Gasteiger partial charge is 0.504 e. The average Bonchev–Trinajstić information content (AvgIpc) is 2.68. The molecule has 2 N–H and O–H groups in total. The maximum atomic E-state index is 13.0. The summed E-state index contributed by atoms with van der Waals surface area (Å²) in [4.78, 5) is 26.7. The zero-order valence-corrected chi connectivity index (χ0v) is 16.4. The summed E-state index contributed by atoms with van der Waals surface area (Å²) < 4.78 is 5.35. The van der Waals surface area contributed by atoms with E-state index < -0.39 is 11.8 Å². The summed E-state index contributed by atoms with van der Waals surface area (Å²) >= 11 is 5.21. The Morgan fingerprint density at radius 3 is 2.50 bits per heavy atom. The molecule has 0 bridgehead atoms. The van der Waals surface area contributed by atoms with Crippen LogP contribution < -0.4 is 15.0 Å². The molecular weight excluding hydrogens is 376 g/mol. The van der Waals surface area contributed by atoms with Crippen molar-refractivity contribution in [1.82, 2.24) is 5.32 Å². The van der Waals surface area contributed by atoms with E-state index in [0.29, 0.717) is 17.9 Å². The van der Waals surface area contributed by atoms with Gasteiger partial charge in [0.25, 0.3) is 11.8 Å². The van der Waals surface area contributed by atoms with Crippen molar-refractivity contribution in [3.05, 3.63) is 59.2 Å². The van der Waals surface area contributed by atoms with Crippen LogP contribution in [0.2, 0.25) is 0 Å². The van der Waals surface area contributed by atoms with Crippen LogP contribution >= 0.6 is 12.2 Å². The first kappa shape index (κ1) is 19.6. The van der Waals surface area contributed by atoms with E-state index in [-0.39, 0.29) is 22.2 Å². The number of aromatic hydroxyl groups is 1. The van der Waals surface area contributed by atoms with Gasteiger partial charge >= 0.3 is 0 Å². The van der Waals surface area contributed by atoms with Gasteiger partial charge in [-0.25, -0.2) is 0 Å². The molecule has 0 radical (unpaired) electrons. The summed E-state index contributed by atoms with van der Waals surface area (Å²) in [5.74, 6) is -0.809. The summed E-state index contributed by atoms with van der Waals surface area (Å²) in [7, 11) is 0. The normalized spacial score (nSPS) is 15.7. The van der Waals surface area contributed by atoms with Gasteiger partial charge in [-0.2, -0.15) is 0 Å². The molecular formula is C21H20N2O4S. The molecule has 0 unspecified atom stereocenters. The van der Waals surface area contributed by atoms with E-state index in [1.165, 1.54) is 17.0 Å². The topological polar surface area (TPSA) is 78.9 Å². The molecule has 28 heavy (non-hydrogen) atoms. The minimum absolute atomic E-state index is 0.0118. The lowest BCUT2D eigenvalue weighted by Crippen LogP contribution is -2.54. The molecule has 2 aromatic rings. The number of benzene rings is 2. The van der Waals surface area contributed by atoms with E-state index in [1.807, 2.05) is 19.1 Å². The number of nitrogens with one attached hydrogen (secondary N) is 1. The van der Waals surface area contributed by atoms with Gasteiger partial charge in [-0.05, 0) is 67.0 Å². The smallest absolute Gasteiger partial charge is 0.270 e. The highest BCUT2D eigenvalue weighted by atomic mass is 32.1. The van der Waals surface area contributed by atoms with Gasteiger partial charge in [-0.1, -0.05) is 25.1 Å². The predicted molar refractivity (Wildman–Crippen MR) is 111 cm³/mol. The minimum Gasteiger partial charge on any atom is -0.504 e. The van der Waals surface area contributed by atoms with Crippen LogP contribution in [0.1, 0.15) is 25.0 Å². The number of phenolic OH excluding ortho intramolecular Hbond substituents is 1. The quantitative estimate of drug-likeness (QED) is 0.461. The number of hydrogen-bond acceptors (Lipinski definition) is 5. The van der Waals surface area contributed by atoms with E-state index in [4.69, 9.17) is 17.0 Å². The van der Waals surface area contributed by atoms with Crippen molar-refractivity contribution in [3.63, 3.8) is 0 Å². The molecule has 3 rings (SSSR count).